The molecule has 0 aromatic rings. The molecule has 0 aromatic carbocycles. The number of rotatable bonds is 0. The maximum absolute atomic E-state index is 4.66. The van der Waals surface area contributed by atoms with Crippen molar-refractivity contribution in [1.82, 2.24) is 0 Å². The maximum Gasteiger partial charge on any atom is 1.00 e. The van der Waals surface area contributed by atoms with Crippen LogP contribution in [0.3, 0.4) is 0 Å². The summed E-state index contributed by atoms with van der Waals surface area (Å²) in [4.78, 5) is 0. The van der Waals surface area contributed by atoms with Gasteiger partial charge in [-0.15, -0.1) is 0 Å². The topological polar surface area (TPSA) is 26.0 Å². The molecule has 0 aliphatic carbocycles. The number of thiocarbonyl (C=S) groups is 1. The van der Waals surface area contributed by atoms with Crippen LogP contribution in [0.5, 0.6) is 0 Å². The fraction of sp³-hybridized carbons (Fsp3) is 0. The van der Waals surface area contributed by atoms with Crippen molar-refractivity contribution in [1.29, 1.82) is 0 Å². The number of hydrogen-bond donors (Lipinski definition) is 1. The van der Waals surface area contributed by atoms with Crippen LogP contribution in [-0.2, 0) is 12.6 Å². The van der Waals surface area contributed by atoms with Gasteiger partial charge in [-0.25, -0.2) is 0 Å². The van der Waals surface area contributed by atoms with E-state index in [0.29, 0.717) is 0 Å². The minimum atomic E-state index is 0. The minimum Gasteiger partial charge on any atom is -0.415 e. The molecule has 0 fully saturated rings. The van der Waals surface area contributed by atoms with Gasteiger partial charge in [0.15, 0.2) is 0 Å². The molecule has 0 atom stereocenters. The normalized spacial score (nSPS) is 4.80. The van der Waals surface area contributed by atoms with E-state index in [1.165, 1.54) is 0 Å². The zero-order valence-corrected chi connectivity index (χ0v) is 7.65. The molecule has 24 valence electrons. The first kappa shape index (κ1) is 9.89. The first-order valence-corrected chi connectivity index (χ1v) is 1.51. The average Bonchev–Trinajstić information content (AvgIpc) is 0.811. The van der Waals surface area contributed by atoms with E-state index < -0.39 is 0 Å². The Balaban J connectivity index is 0. The van der Waals surface area contributed by atoms with Gasteiger partial charge in [-0.05, 0) is 0 Å². The summed E-state index contributed by atoms with van der Waals surface area (Å²) in [7, 11) is 0. The number of nitrogens with two attached hydrogens (primary N) is 1. The van der Waals surface area contributed by atoms with Crippen molar-refractivity contribution >= 4 is 29.2 Å². The summed E-state index contributed by atoms with van der Waals surface area (Å²) < 4.78 is 0.0833. The largest absolute Gasteiger partial charge is 1.00 e. The molecule has 0 unspecified atom stereocenters. The smallest absolute Gasteiger partial charge is 0.415 e. The quantitative estimate of drug-likeness (QED) is 0.213. The van der Waals surface area contributed by atoms with Gasteiger partial charge >= 0.3 is 51.4 Å². The van der Waals surface area contributed by atoms with E-state index in [0.717, 1.165) is 0 Å². The van der Waals surface area contributed by atoms with Crippen LogP contribution >= 0.6 is 12.2 Å². The molecule has 4 heteroatoms. The Morgan fingerprint density at radius 1 is 1.80 bits per heavy atom. The predicted octanol–water partition coefficient (Wildman–Crippen LogP) is -3.22. The maximum atomic E-state index is 4.66. The van der Waals surface area contributed by atoms with Gasteiger partial charge in [-0.2, -0.15) is 0 Å². The minimum absolute atomic E-state index is 0. The Morgan fingerprint density at radius 3 is 1.80 bits per heavy atom. The third-order valence-corrected chi connectivity index (χ3v) is 0. The van der Waals surface area contributed by atoms with Gasteiger partial charge in [0, 0.05) is 0 Å². The average molecular weight is 131 g/mol. The molecule has 1 nitrogen and oxygen atoms in total. The van der Waals surface area contributed by atoms with Crippen molar-refractivity contribution in [3.63, 3.8) is 0 Å². The molecule has 0 saturated heterocycles. The first-order chi connectivity index (χ1) is 1.73. The summed E-state index contributed by atoms with van der Waals surface area (Å²) in [6.07, 6.45) is 0. The SMILES string of the molecule is NC(=S)[S-].[K+]. The van der Waals surface area contributed by atoms with E-state index in [9.17, 15) is 0 Å². The van der Waals surface area contributed by atoms with Crippen LogP contribution in [-0.4, -0.2) is 4.32 Å². The molecule has 0 aliphatic heterocycles. The van der Waals surface area contributed by atoms with Crippen LogP contribution in [0.15, 0.2) is 0 Å². The van der Waals surface area contributed by atoms with Crippen LogP contribution in [0.25, 0.3) is 0 Å². The second kappa shape index (κ2) is 5.75. The molecule has 0 saturated carbocycles. The van der Waals surface area contributed by atoms with E-state index in [-0.39, 0.29) is 55.7 Å². The zero-order chi connectivity index (χ0) is 3.58. The summed E-state index contributed by atoms with van der Waals surface area (Å²) in [6, 6.07) is 0. The Labute approximate surface area is 84.5 Å². The first-order valence-electron chi connectivity index (χ1n) is 0.697. The molecule has 0 amide bonds. The van der Waals surface area contributed by atoms with Crippen molar-refractivity contribution in [2.45, 2.75) is 0 Å². The molecule has 0 aromatic heterocycles. The number of hydrogen-bond acceptors (Lipinski definition) is 2. The molecule has 0 radical (unpaired) electrons. The van der Waals surface area contributed by atoms with Crippen molar-refractivity contribution in [3.05, 3.63) is 0 Å². The fourth-order valence-electron chi connectivity index (χ4n) is 0. The van der Waals surface area contributed by atoms with Gasteiger partial charge in [0.1, 0.15) is 0 Å². The van der Waals surface area contributed by atoms with Gasteiger partial charge in [-0.1, -0.05) is 4.32 Å². The third kappa shape index (κ3) is 26.4. The summed E-state index contributed by atoms with van der Waals surface area (Å²) in [5.74, 6) is 0. The van der Waals surface area contributed by atoms with Crippen molar-refractivity contribution < 1.29 is 51.4 Å². The van der Waals surface area contributed by atoms with E-state index in [1.54, 1.807) is 0 Å². The van der Waals surface area contributed by atoms with E-state index >= 15 is 0 Å². The van der Waals surface area contributed by atoms with Crippen molar-refractivity contribution in [2.24, 2.45) is 5.73 Å². The molecule has 0 heterocycles. The zero-order valence-electron chi connectivity index (χ0n) is 2.89. The second-order valence-electron chi connectivity index (χ2n) is 0.319. The van der Waals surface area contributed by atoms with Crippen LogP contribution in [0.2, 0.25) is 0 Å². The molecule has 5 heavy (non-hydrogen) atoms. The Bertz CT molecular complexity index is 32.6. The van der Waals surface area contributed by atoms with Crippen LogP contribution < -0.4 is 57.1 Å². The van der Waals surface area contributed by atoms with E-state index in [1.807, 2.05) is 0 Å². The molecule has 0 spiro atoms. The van der Waals surface area contributed by atoms with E-state index in [4.69, 9.17) is 0 Å². The van der Waals surface area contributed by atoms with Gasteiger partial charge < -0.3 is 30.6 Å². The molecule has 0 bridgehead atoms. The fourth-order valence-corrected chi connectivity index (χ4v) is 0. The molecule has 2 N–H and O–H groups in total. The third-order valence-electron chi connectivity index (χ3n) is 0. The molecule has 0 rings (SSSR count). The monoisotopic (exact) mass is 131 g/mol. The van der Waals surface area contributed by atoms with E-state index in [2.05, 4.69) is 30.6 Å². The molecular formula is CH2KNS2. The summed E-state index contributed by atoms with van der Waals surface area (Å²) in [5, 5.41) is 0. The van der Waals surface area contributed by atoms with Crippen LogP contribution in [0, 0.1) is 0 Å². The second-order valence-corrected chi connectivity index (χ2v) is 1.46. The predicted molar refractivity (Wildman–Crippen MR) is 24.2 cm³/mol. The van der Waals surface area contributed by atoms with Crippen LogP contribution in [0.1, 0.15) is 0 Å². The van der Waals surface area contributed by atoms with Crippen molar-refractivity contribution in [2.75, 3.05) is 0 Å². The Kier molecular flexibility index (Phi) is 11.4. The molecular weight excluding hydrogens is 129 g/mol. The van der Waals surface area contributed by atoms with Gasteiger partial charge in [0.25, 0.3) is 0 Å². The summed E-state index contributed by atoms with van der Waals surface area (Å²) in [5.41, 5.74) is 4.66. The Hall–Kier alpha value is 1.75. The summed E-state index contributed by atoms with van der Waals surface area (Å²) >= 11 is 8.26. The summed E-state index contributed by atoms with van der Waals surface area (Å²) in [6.45, 7) is 0. The molecule has 0 aliphatic rings. The van der Waals surface area contributed by atoms with Crippen LogP contribution in [0.4, 0.5) is 0 Å². The van der Waals surface area contributed by atoms with Gasteiger partial charge in [0.05, 0.1) is 0 Å². The Morgan fingerprint density at radius 2 is 1.80 bits per heavy atom. The van der Waals surface area contributed by atoms with Gasteiger partial charge in [-0.3, -0.25) is 0 Å². The van der Waals surface area contributed by atoms with Gasteiger partial charge in [0.2, 0.25) is 0 Å². The standard InChI is InChI=1S/CH3NS2.K/c2-1(3)4;/h(H3,2,3,4);/q;+1/p-1. The van der Waals surface area contributed by atoms with Crippen molar-refractivity contribution in [3.8, 4) is 0 Å².